The summed E-state index contributed by atoms with van der Waals surface area (Å²) in [5.74, 6) is 1.91. The van der Waals surface area contributed by atoms with E-state index in [1.54, 1.807) is 52.7 Å². The standard InChI is InChI=1S/C27H38N2O4.C16H10N4O5S/c1-20(2)27(19-28,22-10-12-24(31-5)26(18-22)33-7)14-8-15-29(3)16-13-21-9-11-23(30-4)25(17-21)32-6;21-14(8-19-11-3-1-2-4-12(11)25-16(19)22)18-15-17-10-6-5-9(20(23)24)7-13(10)26-15/h9-12,17-18,20H,8,13-16H2,1-7H3;1-7H,8H2,(H,17,18,21). The molecule has 0 spiro atoms. The molecule has 16 heteroatoms. The van der Waals surface area contributed by atoms with E-state index in [1.165, 1.54) is 28.3 Å². The van der Waals surface area contributed by atoms with Crippen molar-refractivity contribution in [2.75, 3.05) is 53.9 Å². The van der Waals surface area contributed by atoms with Crippen LogP contribution < -0.4 is 30.0 Å². The Balaban J connectivity index is 0.000000230. The van der Waals surface area contributed by atoms with Crippen LogP contribution in [0.5, 0.6) is 23.0 Å². The number of aromatic nitrogens is 2. The number of methoxy groups -OCH3 is 4. The van der Waals surface area contributed by atoms with Gasteiger partial charge in [0, 0.05) is 18.7 Å². The Bertz CT molecular complexity index is 2510. The van der Waals surface area contributed by atoms with Crippen molar-refractivity contribution in [1.29, 1.82) is 5.26 Å². The maximum atomic E-state index is 12.3. The number of carbonyl (C=O) groups is 1. The highest BCUT2D eigenvalue weighted by Crippen LogP contribution is 2.40. The van der Waals surface area contributed by atoms with Gasteiger partial charge in [-0.15, -0.1) is 0 Å². The first-order chi connectivity index (χ1) is 28.4. The third-order valence-corrected chi connectivity index (χ3v) is 11.1. The van der Waals surface area contributed by atoms with E-state index < -0.39 is 22.0 Å². The zero-order valence-electron chi connectivity index (χ0n) is 34.1. The van der Waals surface area contributed by atoms with E-state index in [-0.39, 0.29) is 18.2 Å². The zero-order chi connectivity index (χ0) is 42.7. The predicted octanol–water partition coefficient (Wildman–Crippen LogP) is 7.84. The fourth-order valence-electron chi connectivity index (χ4n) is 6.77. The molecule has 1 atom stereocenters. The molecular weight excluding hydrogens is 777 g/mol. The van der Waals surface area contributed by atoms with Crippen molar-refractivity contribution in [3.05, 3.63) is 111 Å². The number of nitro groups is 1. The molecule has 0 aliphatic heterocycles. The molecule has 59 heavy (non-hydrogen) atoms. The zero-order valence-corrected chi connectivity index (χ0v) is 35.0. The van der Waals surface area contributed by atoms with E-state index in [9.17, 15) is 25.0 Å². The Labute approximate surface area is 345 Å². The number of thiazole rings is 1. The lowest BCUT2D eigenvalue weighted by Gasteiger charge is -2.32. The topological polar surface area (TPSA) is 184 Å². The molecule has 0 aliphatic rings. The van der Waals surface area contributed by atoms with E-state index in [4.69, 9.17) is 23.4 Å². The van der Waals surface area contributed by atoms with Crippen molar-refractivity contribution >= 4 is 49.4 Å². The molecule has 0 aliphatic carbocycles. The Morgan fingerprint density at radius 1 is 0.966 bits per heavy atom. The van der Waals surface area contributed by atoms with Gasteiger partial charge in [-0.05, 0) is 92.4 Å². The molecule has 0 radical (unpaired) electrons. The summed E-state index contributed by atoms with van der Waals surface area (Å²) in [7, 11) is 8.67. The summed E-state index contributed by atoms with van der Waals surface area (Å²) in [4.78, 5) is 41.0. The molecule has 2 heterocycles. The summed E-state index contributed by atoms with van der Waals surface area (Å²) in [6.45, 7) is 5.83. The lowest BCUT2D eigenvalue weighted by atomic mass is 9.69. The van der Waals surface area contributed by atoms with E-state index >= 15 is 0 Å². The summed E-state index contributed by atoms with van der Waals surface area (Å²) in [5.41, 5.74) is 3.02. The van der Waals surface area contributed by atoms with Crippen LogP contribution in [0.2, 0.25) is 0 Å². The Morgan fingerprint density at radius 2 is 1.64 bits per heavy atom. The molecular formula is C43H48N6O9S. The molecule has 0 saturated carbocycles. The molecule has 0 saturated heterocycles. The number of ether oxygens (including phenoxy) is 4. The van der Waals surface area contributed by atoms with Crippen LogP contribution in [0.4, 0.5) is 10.8 Å². The third-order valence-electron chi connectivity index (χ3n) is 10.1. The second-order valence-corrected chi connectivity index (χ2v) is 15.1. The fourth-order valence-corrected chi connectivity index (χ4v) is 7.69. The number of para-hydroxylation sites is 2. The summed E-state index contributed by atoms with van der Waals surface area (Å²) >= 11 is 1.12. The SMILES string of the molecule is COc1ccc(CCN(C)CCCC(C#N)(c2ccc(OC)c(OC)c2)C(C)C)cc1OC.O=C(Cn1c(=O)oc2ccccc21)Nc1nc2ccc([N+](=O)[O-])cc2s1. The Hall–Kier alpha value is -6.44. The van der Waals surface area contributed by atoms with E-state index in [0.29, 0.717) is 37.9 Å². The molecule has 6 rings (SSSR count). The number of nitrogens with one attached hydrogen (secondary N) is 1. The molecule has 2 aromatic heterocycles. The number of non-ortho nitro benzene ring substituents is 1. The lowest BCUT2D eigenvalue weighted by Crippen LogP contribution is -2.32. The number of carbonyl (C=O) groups excluding carboxylic acids is 1. The molecule has 0 bridgehead atoms. The molecule has 1 amide bonds. The van der Waals surface area contributed by atoms with Crippen LogP contribution in [-0.2, 0) is 23.2 Å². The second kappa shape index (κ2) is 19.8. The lowest BCUT2D eigenvalue weighted by molar-refractivity contribution is -0.384. The second-order valence-electron chi connectivity index (χ2n) is 14.1. The number of hydrogen-bond acceptors (Lipinski definition) is 13. The molecule has 0 fully saturated rings. The minimum atomic E-state index is -0.624. The van der Waals surface area contributed by atoms with Crippen LogP contribution in [0.25, 0.3) is 21.3 Å². The Kier molecular flexibility index (Phi) is 14.7. The molecule has 1 unspecified atom stereocenters. The van der Waals surface area contributed by atoms with E-state index in [0.717, 1.165) is 60.8 Å². The highest BCUT2D eigenvalue weighted by atomic mass is 32.1. The number of oxazole rings is 1. The number of hydrogen-bond donors (Lipinski definition) is 1. The molecule has 6 aromatic rings. The van der Waals surface area contributed by atoms with Crippen molar-refractivity contribution in [1.82, 2.24) is 14.5 Å². The normalized spacial score (nSPS) is 12.1. The first kappa shape index (κ1) is 43.7. The van der Waals surface area contributed by atoms with Gasteiger partial charge >= 0.3 is 5.76 Å². The minimum Gasteiger partial charge on any atom is -0.493 e. The van der Waals surface area contributed by atoms with Crippen molar-refractivity contribution in [2.24, 2.45) is 5.92 Å². The monoisotopic (exact) mass is 824 g/mol. The van der Waals surface area contributed by atoms with Gasteiger partial charge in [-0.2, -0.15) is 5.26 Å². The number of rotatable bonds is 17. The van der Waals surface area contributed by atoms with Gasteiger partial charge in [0.15, 0.2) is 33.7 Å². The van der Waals surface area contributed by atoms with Crippen LogP contribution in [0.1, 0.15) is 37.8 Å². The number of benzene rings is 4. The third kappa shape index (κ3) is 10.4. The number of nitriles is 1. The highest BCUT2D eigenvalue weighted by molar-refractivity contribution is 7.22. The molecule has 1 N–H and O–H groups in total. The maximum Gasteiger partial charge on any atom is 0.420 e. The number of fused-ring (bicyclic) bond motifs is 2. The van der Waals surface area contributed by atoms with Crippen LogP contribution in [0.3, 0.4) is 0 Å². The fraction of sp³-hybridized carbons (Fsp3) is 0.349. The largest absolute Gasteiger partial charge is 0.493 e. The smallest absolute Gasteiger partial charge is 0.420 e. The number of likely N-dealkylation sites (N-methyl/N-ethyl adjacent to an activating group) is 1. The number of amides is 1. The quantitative estimate of drug-likeness (QED) is 0.0695. The van der Waals surface area contributed by atoms with Gasteiger partial charge in [0.1, 0.15) is 6.54 Å². The minimum absolute atomic E-state index is 0.0459. The predicted molar refractivity (Wildman–Crippen MR) is 227 cm³/mol. The molecule has 15 nitrogen and oxygen atoms in total. The number of nitrogens with zero attached hydrogens (tertiary/aromatic N) is 5. The molecule has 310 valence electrons. The van der Waals surface area contributed by atoms with Gasteiger partial charge in [-0.3, -0.25) is 19.5 Å². The van der Waals surface area contributed by atoms with Gasteiger partial charge in [-0.25, -0.2) is 9.78 Å². The summed E-state index contributed by atoms with van der Waals surface area (Å²) < 4.78 is 28.5. The van der Waals surface area contributed by atoms with Crippen LogP contribution in [-0.4, -0.2) is 73.9 Å². The van der Waals surface area contributed by atoms with Crippen molar-refractivity contribution in [3.63, 3.8) is 0 Å². The average molecular weight is 825 g/mol. The maximum absolute atomic E-state index is 12.3. The summed E-state index contributed by atoms with van der Waals surface area (Å²) in [6, 6.07) is 25.6. The van der Waals surface area contributed by atoms with Crippen molar-refractivity contribution < 1.29 is 33.1 Å². The molecule has 4 aromatic carbocycles. The van der Waals surface area contributed by atoms with E-state index in [2.05, 4.69) is 48.2 Å². The van der Waals surface area contributed by atoms with Gasteiger partial charge in [0.2, 0.25) is 5.91 Å². The van der Waals surface area contributed by atoms with Gasteiger partial charge in [0.25, 0.3) is 5.69 Å². The summed E-state index contributed by atoms with van der Waals surface area (Å²) in [5, 5.41) is 24.0. The van der Waals surface area contributed by atoms with Crippen LogP contribution in [0.15, 0.2) is 88.1 Å². The summed E-state index contributed by atoms with van der Waals surface area (Å²) in [6.07, 6.45) is 2.61. The number of anilines is 1. The van der Waals surface area contributed by atoms with Gasteiger partial charge < -0.3 is 33.6 Å². The van der Waals surface area contributed by atoms with Gasteiger partial charge in [-0.1, -0.05) is 49.4 Å². The van der Waals surface area contributed by atoms with Gasteiger partial charge in [0.05, 0.1) is 60.6 Å². The first-order valence-electron chi connectivity index (χ1n) is 18.8. The van der Waals surface area contributed by atoms with Crippen molar-refractivity contribution in [3.8, 4) is 29.1 Å². The van der Waals surface area contributed by atoms with E-state index in [1.807, 2.05) is 30.3 Å². The van der Waals surface area contributed by atoms with Crippen LogP contribution in [0, 0.1) is 27.4 Å². The highest BCUT2D eigenvalue weighted by Gasteiger charge is 2.36. The Morgan fingerprint density at radius 3 is 2.31 bits per heavy atom. The van der Waals surface area contributed by atoms with Crippen molar-refractivity contribution in [2.45, 2.75) is 45.1 Å². The average Bonchev–Trinajstić information content (AvgIpc) is 3.79. The number of nitro benzene ring substituents is 1. The van der Waals surface area contributed by atoms with Crippen LogP contribution >= 0.6 is 11.3 Å². The first-order valence-corrected chi connectivity index (χ1v) is 19.6.